The Morgan fingerprint density at radius 1 is 1.08 bits per heavy atom. The smallest absolute Gasteiger partial charge is 0.317 e. The monoisotopic (exact) mass is 353 g/mol. The molecule has 1 heterocycles. The molecule has 1 aliphatic carbocycles. The summed E-state index contributed by atoms with van der Waals surface area (Å²) in [6, 6.07) is 0.672. The van der Waals surface area contributed by atoms with Crippen molar-refractivity contribution in [3.8, 4) is 0 Å². The van der Waals surface area contributed by atoms with E-state index in [4.69, 9.17) is 5.11 Å². The number of carboxylic acids is 1. The van der Waals surface area contributed by atoms with E-state index in [0.29, 0.717) is 6.04 Å². The van der Waals surface area contributed by atoms with Gasteiger partial charge in [0, 0.05) is 25.2 Å². The summed E-state index contributed by atoms with van der Waals surface area (Å²) in [6.07, 6.45) is 8.98. The Morgan fingerprint density at radius 3 is 2.24 bits per heavy atom. The van der Waals surface area contributed by atoms with Crippen molar-refractivity contribution in [3.05, 3.63) is 0 Å². The Morgan fingerprint density at radius 2 is 1.72 bits per heavy atom. The highest BCUT2D eigenvalue weighted by molar-refractivity contribution is 5.74. The minimum Gasteiger partial charge on any atom is -0.480 e. The Balaban J connectivity index is 1.71. The van der Waals surface area contributed by atoms with E-state index >= 15 is 0 Å². The first-order valence-electron chi connectivity index (χ1n) is 10.0. The molecule has 6 heteroatoms. The van der Waals surface area contributed by atoms with Crippen molar-refractivity contribution in [2.45, 2.75) is 77.3 Å². The zero-order valence-corrected chi connectivity index (χ0v) is 15.9. The van der Waals surface area contributed by atoms with Crippen molar-refractivity contribution in [1.82, 2.24) is 15.1 Å². The van der Waals surface area contributed by atoms with Gasteiger partial charge < -0.3 is 15.3 Å². The van der Waals surface area contributed by atoms with Crippen molar-refractivity contribution in [2.75, 3.05) is 26.2 Å². The molecule has 0 spiro atoms. The molecule has 1 saturated carbocycles. The van der Waals surface area contributed by atoms with Gasteiger partial charge in [-0.25, -0.2) is 4.79 Å². The Labute approximate surface area is 151 Å². The minimum atomic E-state index is -0.777. The molecule has 0 aromatic heterocycles. The average Bonchev–Trinajstić information content (AvgIpc) is 2.61. The molecule has 25 heavy (non-hydrogen) atoms. The van der Waals surface area contributed by atoms with E-state index in [9.17, 15) is 9.59 Å². The fourth-order valence-corrected chi connectivity index (χ4v) is 4.38. The molecule has 0 unspecified atom stereocenters. The number of nitrogens with one attached hydrogen (secondary N) is 1. The van der Waals surface area contributed by atoms with E-state index in [0.717, 1.165) is 51.2 Å². The number of piperidine rings is 1. The lowest BCUT2D eigenvalue weighted by atomic mass is 9.83. The second kappa shape index (κ2) is 10.00. The third kappa shape index (κ3) is 6.17. The zero-order valence-electron chi connectivity index (χ0n) is 15.9. The van der Waals surface area contributed by atoms with Crippen molar-refractivity contribution in [1.29, 1.82) is 0 Å². The van der Waals surface area contributed by atoms with Gasteiger partial charge in [0.15, 0.2) is 0 Å². The molecule has 6 nitrogen and oxygen atoms in total. The highest BCUT2D eigenvalue weighted by atomic mass is 16.4. The molecular weight excluding hydrogens is 318 g/mol. The molecule has 1 saturated heterocycles. The number of carbonyl (C=O) groups excluding carboxylic acids is 1. The summed E-state index contributed by atoms with van der Waals surface area (Å²) >= 11 is 0. The van der Waals surface area contributed by atoms with E-state index in [1.54, 1.807) is 0 Å². The normalized spacial score (nSPS) is 25.2. The van der Waals surface area contributed by atoms with Crippen LogP contribution in [0.15, 0.2) is 0 Å². The van der Waals surface area contributed by atoms with Crippen LogP contribution in [0.25, 0.3) is 0 Å². The molecule has 2 fully saturated rings. The maximum absolute atomic E-state index is 12.5. The molecule has 2 aliphatic rings. The standard InChI is InChI=1S/C19H35N3O3/c1-3-5-15-6-8-16(9-7-15)20-19(25)22-12-10-17(11-13-22)21(4-2)14-18(23)24/h15-17H,3-14H2,1-2H3,(H,20,25)(H,23,24). The molecule has 0 atom stereocenters. The van der Waals surface area contributed by atoms with Crippen LogP contribution < -0.4 is 5.32 Å². The highest BCUT2D eigenvalue weighted by Crippen LogP contribution is 2.28. The van der Waals surface area contributed by atoms with E-state index in [1.807, 2.05) is 16.7 Å². The third-order valence-electron chi connectivity index (χ3n) is 5.88. The summed E-state index contributed by atoms with van der Waals surface area (Å²) in [6.45, 7) is 6.51. The van der Waals surface area contributed by atoms with Gasteiger partial charge in [0.25, 0.3) is 0 Å². The quantitative estimate of drug-likeness (QED) is 0.738. The maximum atomic E-state index is 12.5. The maximum Gasteiger partial charge on any atom is 0.317 e. The second-order valence-corrected chi connectivity index (χ2v) is 7.63. The lowest BCUT2D eigenvalue weighted by molar-refractivity contribution is -0.139. The zero-order chi connectivity index (χ0) is 18.2. The van der Waals surface area contributed by atoms with Gasteiger partial charge in [0.2, 0.25) is 0 Å². The largest absolute Gasteiger partial charge is 0.480 e. The first kappa shape index (κ1) is 20.0. The highest BCUT2D eigenvalue weighted by Gasteiger charge is 2.29. The van der Waals surface area contributed by atoms with Gasteiger partial charge in [-0.3, -0.25) is 9.69 Å². The average molecular weight is 354 g/mol. The summed E-state index contributed by atoms with van der Waals surface area (Å²) in [7, 11) is 0. The number of urea groups is 1. The van der Waals surface area contributed by atoms with Crippen molar-refractivity contribution >= 4 is 12.0 Å². The number of amides is 2. The molecule has 2 rings (SSSR count). The molecule has 144 valence electrons. The second-order valence-electron chi connectivity index (χ2n) is 7.63. The van der Waals surface area contributed by atoms with Crippen molar-refractivity contribution < 1.29 is 14.7 Å². The van der Waals surface area contributed by atoms with E-state index < -0.39 is 5.97 Å². The Hall–Kier alpha value is -1.30. The van der Waals surface area contributed by atoms with Crippen LogP contribution in [-0.4, -0.2) is 65.2 Å². The number of likely N-dealkylation sites (N-methyl/N-ethyl adjacent to an activating group) is 1. The van der Waals surface area contributed by atoms with E-state index in [2.05, 4.69) is 12.2 Å². The van der Waals surface area contributed by atoms with Crippen molar-refractivity contribution in [3.63, 3.8) is 0 Å². The number of carboxylic acid groups (broad SMARTS) is 1. The number of aliphatic carboxylic acids is 1. The van der Waals surface area contributed by atoms with Gasteiger partial charge in [-0.1, -0.05) is 26.7 Å². The van der Waals surface area contributed by atoms with Crippen LogP contribution in [0.3, 0.4) is 0 Å². The predicted molar refractivity (Wildman–Crippen MR) is 98.7 cm³/mol. The van der Waals surface area contributed by atoms with Crippen LogP contribution in [0, 0.1) is 5.92 Å². The van der Waals surface area contributed by atoms with Crippen LogP contribution in [0.5, 0.6) is 0 Å². The molecule has 0 aromatic rings. The number of hydrogen-bond donors (Lipinski definition) is 2. The van der Waals surface area contributed by atoms with Crippen molar-refractivity contribution in [2.24, 2.45) is 5.92 Å². The van der Waals surface area contributed by atoms with Crippen LogP contribution in [0.4, 0.5) is 4.79 Å². The third-order valence-corrected chi connectivity index (χ3v) is 5.88. The molecule has 1 aliphatic heterocycles. The summed E-state index contributed by atoms with van der Waals surface area (Å²) in [5, 5.41) is 12.2. The van der Waals surface area contributed by atoms with E-state index in [-0.39, 0.29) is 18.6 Å². The summed E-state index contributed by atoms with van der Waals surface area (Å²) < 4.78 is 0. The topological polar surface area (TPSA) is 72.9 Å². The van der Waals surface area contributed by atoms with Crippen LogP contribution in [-0.2, 0) is 4.79 Å². The van der Waals surface area contributed by atoms with E-state index in [1.165, 1.54) is 25.7 Å². The molecular formula is C19H35N3O3. The van der Waals surface area contributed by atoms with Crippen LogP contribution >= 0.6 is 0 Å². The van der Waals surface area contributed by atoms with Gasteiger partial charge in [0.05, 0.1) is 6.54 Å². The van der Waals surface area contributed by atoms with Gasteiger partial charge in [0.1, 0.15) is 0 Å². The summed E-state index contributed by atoms with van der Waals surface area (Å²) in [5.41, 5.74) is 0. The number of rotatable bonds is 7. The van der Waals surface area contributed by atoms with Gasteiger partial charge >= 0.3 is 12.0 Å². The van der Waals surface area contributed by atoms with Crippen LogP contribution in [0.1, 0.15) is 65.2 Å². The summed E-state index contributed by atoms with van der Waals surface area (Å²) in [4.78, 5) is 27.4. The van der Waals surface area contributed by atoms with Gasteiger partial charge in [-0.2, -0.15) is 0 Å². The first-order valence-corrected chi connectivity index (χ1v) is 10.0. The first-order chi connectivity index (χ1) is 12.0. The molecule has 2 N–H and O–H groups in total. The fourth-order valence-electron chi connectivity index (χ4n) is 4.38. The fraction of sp³-hybridized carbons (Fsp3) is 0.895. The lowest BCUT2D eigenvalue weighted by Gasteiger charge is -2.38. The van der Waals surface area contributed by atoms with Gasteiger partial charge in [-0.05, 0) is 51.0 Å². The number of hydrogen-bond acceptors (Lipinski definition) is 3. The number of carbonyl (C=O) groups is 2. The number of likely N-dealkylation sites (tertiary alicyclic amines) is 1. The summed E-state index contributed by atoms with van der Waals surface area (Å²) in [5.74, 6) is 0.0730. The lowest BCUT2D eigenvalue weighted by Crippen LogP contribution is -2.52. The van der Waals surface area contributed by atoms with Gasteiger partial charge in [-0.15, -0.1) is 0 Å². The molecule has 0 bridgehead atoms. The molecule has 2 amide bonds. The molecule has 0 aromatic carbocycles. The predicted octanol–water partition coefficient (Wildman–Crippen LogP) is 2.93. The van der Waals surface area contributed by atoms with Crippen LogP contribution in [0.2, 0.25) is 0 Å². The number of nitrogens with zero attached hydrogens (tertiary/aromatic N) is 2. The Bertz CT molecular complexity index is 428. The minimum absolute atomic E-state index is 0.0682. The molecule has 0 radical (unpaired) electrons. The SMILES string of the molecule is CCCC1CCC(NC(=O)N2CCC(N(CC)CC(=O)O)CC2)CC1. The Kier molecular flexibility index (Phi) is 8.00.